The first-order valence-electron chi connectivity index (χ1n) is 5.90. The zero-order chi connectivity index (χ0) is 12.9. The van der Waals surface area contributed by atoms with Gasteiger partial charge in [-0.1, -0.05) is 6.92 Å². The van der Waals surface area contributed by atoms with Crippen LogP contribution >= 0.6 is 12.4 Å². The number of hydrogen-bond donors (Lipinski definition) is 1. The van der Waals surface area contributed by atoms with Gasteiger partial charge >= 0.3 is 0 Å². The number of rotatable bonds is 5. The molecule has 0 bridgehead atoms. The Kier molecular flexibility index (Phi) is 7.77. The van der Waals surface area contributed by atoms with E-state index < -0.39 is 10.0 Å². The summed E-state index contributed by atoms with van der Waals surface area (Å²) in [5.74, 6) is -0.0214. The van der Waals surface area contributed by atoms with Crippen molar-refractivity contribution in [1.29, 1.82) is 0 Å². The summed E-state index contributed by atoms with van der Waals surface area (Å²) in [5, 5.41) is 3.15. The van der Waals surface area contributed by atoms with Crippen LogP contribution in [0.2, 0.25) is 0 Å². The van der Waals surface area contributed by atoms with E-state index in [0.717, 1.165) is 17.4 Å². The van der Waals surface area contributed by atoms with Gasteiger partial charge in [0.05, 0.1) is 12.3 Å². The number of likely N-dealkylation sites (N-methyl/N-ethyl adjacent to an activating group) is 1. The molecule has 1 aliphatic heterocycles. The van der Waals surface area contributed by atoms with Crippen molar-refractivity contribution in [3.05, 3.63) is 0 Å². The third-order valence-corrected chi connectivity index (χ3v) is 4.77. The highest BCUT2D eigenvalue weighted by Gasteiger charge is 2.23. The SMILES string of the molecule is CCCS(=O)(=O)N(C)CC(=O)N1CCNCC1.Cl. The third-order valence-electron chi connectivity index (χ3n) is 2.76. The second-order valence-corrected chi connectivity index (χ2v) is 6.40. The normalized spacial score (nSPS) is 16.5. The molecule has 1 fully saturated rings. The van der Waals surface area contributed by atoms with Crippen molar-refractivity contribution in [1.82, 2.24) is 14.5 Å². The molecule has 0 spiro atoms. The van der Waals surface area contributed by atoms with Gasteiger partial charge in [0.25, 0.3) is 0 Å². The van der Waals surface area contributed by atoms with Gasteiger partial charge in [0, 0.05) is 33.2 Å². The van der Waals surface area contributed by atoms with E-state index in [2.05, 4.69) is 5.32 Å². The van der Waals surface area contributed by atoms with Crippen molar-refractivity contribution in [2.45, 2.75) is 13.3 Å². The molecular weight excluding hydrogens is 278 g/mol. The molecule has 6 nitrogen and oxygen atoms in total. The molecule has 108 valence electrons. The average Bonchev–Trinajstić information content (AvgIpc) is 2.30. The summed E-state index contributed by atoms with van der Waals surface area (Å²) in [6.45, 7) is 4.61. The summed E-state index contributed by atoms with van der Waals surface area (Å²) in [7, 11) is -1.81. The van der Waals surface area contributed by atoms with Crippen LogP contribution in [0.4, 0.5) is 0 Å². The summed E-state index contributed by atoms with van der Waals surface area (Å²) in [6.07, 6.45) is 0.564. The average molecular weight is 300 g/mol. The van der Waals surface area contributed by atoms with E-state index in [1.165, 1.54) is 7.05 Å². The van der Waals surface area contributed by atoms with E-state index in [9.17, 15) is 13.2 Å². The number of piperazine rings is 1. The maximum atomic E-state index is 11.9. The Balaban J connectivity index is 0.00000289. The first kappa shape index (κ1) is 17.6. The smallest absolute Gasteiger partial charge is 0.237 e. The second kappa shape index (κ2) is 7.93. The minimum Gasteiger partial charge on any atom is -0.339 e. The highest BCUT2D eigenvalue weighted by Crippen LogP contribution is 2.02. The van der Waals surface area contributed by atoms with Gasteiger partial charge in [0.15, 0.2) is 0 Å². The molecule has 0 aromatic heterocycles. The van der Waals surface area contributed by atoms with Crippen LogP contribution in [0, 0.1) is 0 Å². The topological polar surface area (TPSA) is 69.7 Å². The molecule has 0 aromatic carbocycles. The number of carbonyl (C=O) groups excluding carboxylic acids is 1. The van der Waals surface area contributed by atoms with Crippen molar-refractivity contribution < 1.29 is 13.2 Å². The van der Waals surface area contributed by atoms with Gasteiger partial charge in [-0.2, -0.15) is 4.31 Å². The first-order chi connectivity index (χ1) is 7.97. The van der Waals surface area contributed by atoms with E-state index in [-0.39, 0.29) is 30.6 Å². The van der Waals surface area contributed by atoms with Crippen molar-refractivity contribution in [3.63, 3.8) is 0 Å². The fourth-order valence-electron chi connectivity index (χ4n) is 1.72. The molecule has 1 aliphatic rings. The summed E-state index contributed by atoms with van der Waals surface area (Å²) in [4.78, 5) is 13.6. The van der Waals surface area contributed by atoms with Crippen LogP contribution in [-0.2, 0) is 14.8 Å². The third kappa shape index (κ3) is 5.09. The Hall–Kier alpha value is -0.370. The van der Waals surface area contributed by atoms with Gasteiger partial charge < -0.3 is 10.2 Å². The fourth-order valence-corrected chi connectivity index (χ4v) is 2.85. The van der Waals surface area contributed by atoms with E-state index in [1.807, 2.05) is 6.92 Å². The van der Waals surface area contributed by atoms with Crippen LogP contribution < -0.4 is 5.32 Å². The summed E-state index contributed by atoms with van der Waals surface area (Å²) < 4.78 is 24.5. The van der Waals surface area contributed by atoms with Crippen molar-refractivity contribution in [3.8, 4) is 0 Å². The Morgan fingerprint density at radius 3 is 2.39 bits per heavy atom. The van der Waals surface area contributed by atoms with Crippen molar-refractivity contribution >= 4 is 28.3 Å². The lowest BCUT2D eigenvalue weighted by atomic mass is 10.3. The standard InChI is InChI=1S/C10H21N3O3S.ClH/c1-3-8-17(15,16)12(2)9-10(14)13-6-4-11-5-7-13;/h11H,3-9H2,1-2H3;1H. The quantitative estimate of drug-likeness (QED) is 0.744. The van der Waals surface area contributed by atoms with Crippen LogP contribution in [0.1, 0.15) is 13.3 Å². The molecule has 1 heterocycles. The van der Waals surface area contributed by atoms with Gasteiger partial charge in [-0.05, 0) is 6.42 Å². The Morgan fingerprint density at radius 2 is 1.89 bits per heavy atom. The highest BCUT2D eigenvalue weighted by atomic mass is 35.5. The van der Waals surface area contributed by atoms with Crippen LogP contribution in [0.25, 0.3) is 0 Å². The van der Waals surface area contributed by atoms with Crippen LogP contribution in [0.15, 0.2) is 0 Å². The molecule has 0 unspecified atom stereocenters. The number of carbonyl (C=O) groups is 1. The van der Waals surface area contributed by atoms with Crippen molar-refractivity contribution in [2.75, 3.05) is 45.5 Å². The number of halogens is 1. The molecule has 1 N–H and O–H groups in total. The van der Waals surface area contributed by atoms with Crippen molar-refractivity contribution in [2.24, 2.45) is 0 Å². The lowest BCUT2D eigenvalue weighted by Crippen LogP contribution is -2.49. The Bertz CT molecular complexity index is 355. The zero-order valence-electron chi connectivity index (χ0n) is 10.9. The zero-order valence-corrected chi connectivity index (χ0v) is 12.5. The number of nitrogens with one attached hydrogen (secondary N) is 1. The minimum atomic E-state index is -3.27. The molecule has 0 atom stereocenters. The molecule has 1 saturated heterocycles. The molecule has 8 heteroatoms. The van der Waals surface area contributed by atoms with Crippen LogP contribution in [0.3, 0.4) is 0 Å². The Labute approximate surface area is 115 Å². The predicted molar refractivity (Wildman–Crippen MR) is 73.4 cm³/mol. The molecule has 0 radical (unpaired) electrons. The lowest BCUT2D eigenvalue weighted by Gasteiger charge is -2.29. The number of sulfonamides is 1. The van der Waals surface area contributed by atoms with Crippen LogP contribution in [0.5, 0.6) is 0 Å². The summed E-state index contributed by atoms with van der Waals surface area (Å²) in [6, 6.07) is 0. The lowest BCUT2D eigenvalue weighted by molar-refractivity contribution is -0.131. The van der Waals surface area contributed by atoms with Gasteiger partial charge in [0.1, 0.15) is 0 Å². The van der Waals surface area contributed by atoms with E-state index >= 15 is 0 Å². The fraction of sp³-hybridized carbons (Fsp3) is 0.900. The van der Waals surface area contributed by atoms with Crippen LogP contribution in [-0.4, -0.2) is 69.1 Å². The van der Waals surface area contributed by atoms with Gasteiger partial charge in [-0.25, -0.2) is 8.42 Å². The van der Waals surface area contributed by atoms with Gasteiger partial charge in [0.2, 0.25) is 15.9 Å². The van der Waals surface area contributed by atoms with Gasteiger partial charge in [-0.15, -0.1) is 12.4 Å². The number of amides is 1. The van der Waals surface area contributed by atoms with Gasteiger partial charge in [-0.3, -0.25) is 4.79 Å². The highest BCUT2D eigenvalue weighted by molar-refractivity contribution is 7.89. The summed E-state index contributed by atoms with van der Waals surface area (Å²) >= 11 is 0. The minimum absolute atomic E-state index is 0. The molecular formula is C10H22ClN3O3S. The molecule has 0 aromatic rings. The molecule has 1 amide bonds. The molecule has 1 rings (SSSR count). The number of hydrogen-bond acceptors (Lipinski definition) is 4. The Morgan fingerprint density at radius 1 is 1.33 bits per heavy atom. The summed E-state index contributed by atoms with van der Waals surface area (Å²) in [5.41, 5.74) is 0. The first-order valence-corrected chi connectivity index (χ1v) is 7.51. The maximum Gasteiger partial charge on any atom is 0.237 e. The largest absolute Gasteiger partial charge is 0.339 e. The second-order valence-electron chi connectivity index (χ2n) is 4.20. The van der Waals surface area contributed by atoms with E-state index in [0.29, 0.717) is 19.5 Å². The number of nitrogens with zero attached hydrogens (tertiary/aromatic N) is 2. The predicted octanol–water partition coefficient (Wildman–Crippen LogP) is -0.488. The van der Waals surface area contributed by atoms with E-state index in [1.54, 1.807) is 4.90 Å². The monoisotopic (exact) mass is 299 g/mol. The van der Waals surface area contributed by atoms with E-state index in [4.69, 9.17) is 0 Å². The maximum absolute atomic E-state index is 11.9. The molecule has 0 aliphatic carbocycles. The molecule has 18 heavy (non-hydrogen) atoms. The molecule has 0 saturated carbocycles.